The quantitative estimate of drug-likeness (QED) is 0.646. The molecule has 29 heavy (non-hydrogen) atoms. The zero-order valence-corrected chi connectivity index (χ0v) is 18.6. The minimum Gasteiger partial charge on any atom is -0.383 e. The number of hydrogen-bond acceptors (Lipinski definition) is 5. The Morgan fingerprint density at radius 1 is 1.17 bits per heavy atom. The number of nitrogens with zero attached hydrogens (tertiary/aromatic N) is 2. The Morgan fingerprint density at radius 2 is 1.86 bits per heavy atom. The summed E-state index contributed by atoms with van der Waals surface area (Å²) < 4.78 is 6.01. The van der Waals surface area contributed by atoms with Gasteiger partial charge in [-0.25, -0.2) is 0 Å². The van der Waals surface area contributed by atoms with E-state index >= 15 is 0 Å². The first kappa shape index (κ1) is 20.3. The summed E-state index contributed by atoms with van der Waals surface area (Å²) in [5.41, 5.74) is 1.23. The van der Waals surface area contributed by atoms with Crippen LogP contribution >= 0.6 is 15.9 Å². The number of likely N-dealkylation sites (tertiary alicyclic amines) is 1. The smallest absolute Gasteiger partial charge is 0.235 e. The van der Waals surface area contributed by atoms with Crippen LogP contribution in [0.4, 0.5) is 5.69 Å². The summed E-state index contributed by atoms with van der Waals surface area (Å²) in [6.45, 7) is 6.10. The van der Waals surface area contributed by atoms with Crippen LogP contribution in [0.3, 0.4) is 0 Å². The third kappa shape index (κ3) is 3.06. The van der Waals surface area contributed by atoms with Gasteiger partial charge < -0.3 is 9.64 Å². The molecule has 0 spiro atoms. The fraction of sp³-hybridized carbons (Fsp3) is 0.500. The molecule has 6 nitrogen and oxygen atoms in total. The van der Waals surface area contributed by atoms with E-state index in [1.807, 2.05) is 56.0 Å². The standard InChI is InChI=1S/C22H25BrN2O4/c1-22(2,3)19(26)18-17-16(20(27)24(21(17)28)9-10-29-4)15-7-5-12-11-13(23)6-8-14(12)25(15)18/h5-8,11,15-18H,9-10H2,1-4H3/t15-,16+,17-,18-/m1/s1. The first-order valence-electron chi connectivity index (χ1n) is 9.81. The van der Waals surface area contributed by atoms with Gasteiger partial charge in [-0.05, 0) is 23.8 Å². The van der Waals surface area contributed by atoms with Gasteiger partial charge in [0, 0.05) is 22.7 Å². The van der Waals surface area contributed by atoms with Gasteiger partial charge in [-0.1, -0.05) is 48.9 Å². The molecule has 4 rings (SSSR count). The Kier molecular flexibility index (Phi) is 4.94. The summed E-state index contributed by atoms with van der Waals surface area (Å²) in [4.78, 5) is 43.3. The summed E-state index contributed by atoms with van der Waals surface area (Å²) in [7, 11) is 1.54. The molecular formula is C22H25BrN2O4. The zero-order chi connectivity index (χ0) is 21.1. The lowest BCUT2D eigenvalue weighted by molar-refractivity contribution is -0.142. The molecule has 3 heterocycles. The van der Waals surface area contributed by atoms with E-state index in [0.717, 1.165) is 15.7 Å². The highest BCUT2D eigenvalue weighted by molar-refractivity contribution is 9.10. The van der Waals surface area contributed by atoms with Crippen molar-refractivity contribution in [1.29, 1.82) is 0 Å². The molecule has 0 saturated carbocycles. The second kappa shape index (κ2) is 7.06. The molecular weight excluding hydrogens is 436 g/mol. The number of ether oxygens (including phenoxy) is 1. The molecule has 1 aromatic carbocycles. The number of fused-ring (bicyclic) bond motifs is 5. The van der Waals surface area contributed by atoms with E-state index in [1.54, 1.807) is 7.11 Å². The Hall–Kier alpha value is -1.99. The van der Waals surface area contributed by atoms with Gasteiger partial charge in [0.2, 0.25) is 11.8 Å². The first-order valence-corrected chi connectivity index (χ1v) is 10.6. The molecule has 2 amide bonds. The third-order valence-electron chi connectivity index (χ3n) is 6.09. The minimum atomic E-state index is -0.671. The predicted molar refractivity (Wildman–Crippen MR) is 113 cm³/mol. The molecule has 0 aromatic heterocycles. The lowest BCUT2D eigenvalue weighted by Gasteiger charge is -2.38. The second-order valence-electron chi connectivity index (χ2n) is 8.89. The van der Waals surface area contributed by atoms with E-state index in [4.69, 9.17) is 4.74 Å². The van der Waals surface area contributed by atoms with E-state index in [9.17, 15) is 14.4 Å². The largest absolute Gasteiger partial charge is 0.383 e. The molecule has 0 radical (unpaired) electrons. The predicted octanol–water partition coefficient (Wildman–Crippen LogP) is 2.90. The van der Waals surface area contributed by atoms with Crippen molar-refractivity contribution in [2.24, 2.45) is 17.3 Å². The number of ketones is 1. The van der Waals surface area contributed by atoms with Gasteiger partial charge >= 0.3 is 0 Å². The van der Waals surface area contributed by atoms with Crippen molar-refractivity contribution in [3.8, 4) is 0 Å². The van der Waals surface area contributed by atoms with Crippen LogP contribution in [0, 0.1) is 17.3 Å². The van der Waals surface area contributed by atoms with Crippen molar-refractivity contribution in [2.45, 2.75) is 32.9 Å². The van der Waals surface area contributed by atoms with Gasteiger partial charge in [0.05, 0.1) is 31.0 Å². The number of anilines is 1. The number of amides is 2. The van der Waals surface area contributed by atoms with Gasteiger partial charge in [-0.3, -0.25) is 19.3 Å². The monoisotopic (exact) mass is 460 g/mol. The summed E-state index contributed by atoms with van der Waals surface area (Å²) >= 11 is 3.49. The van der Waals surface area contributed by atoms with Gasteiger partial charge in [-0.2, -0.15) is 0 Å². The molecule has 0 bridgehead atoms. The third-order valence-corrected chi connectivity index (χ3v) is 6.58. The van der Waals surface area contributed by atoms with E-state index < -0.39 is 23.3 Å². The SMILES string of the molecule is COCCN1C(=O)[C@@H]2[C@@H](C1=O)[C@H](C(=O)C(C)(C)C)N1c3ccc(Br)cc3C=C[C@H]21. The molecule has 2 saturated heterocycles. The molecule has 0 N–H and O–H groups in total. The normalized spacial score (nSPS) is 27.9. The van der Waals surface area contributed by atoms with Gasteiger partial charge in [0.25, 0.3) is 0 Å². The van der Waals surface area contributed by atoms with E-state index in [2.05, 4.69) is 15.9 Å². The van der Waals surface area contributed by atoms with Gasteiger partial charge in [0.15, 0.2) is 5.78 Å². The molecule has 4 atom stereocenters. The van der Waals surface area contributed by atoms with Crippen molar-refractivity contribution in [2.75, 3.05) is 25.2 Å². The number of carbonyl (C=O) groups is 3. The van der Waals surface area contributed by atoms with Crippen LogP contribution in [0.2, 0.25) is 0 Å². The Morgan fingerprint density at radius 3 is 2.52 bits per heavy atom. The lowest BCUT2D eigenvalue weighted by atomic mass is 9.79. The highest BCUT2D eigenvalue weighted by atomic mass is 79.9. The number of halogens is 1. The molecule has 7 heteroatoms. The van der Waals surface area contributed by atoms with Crippen LogP contribution < -0.4 is 4.90 Å². The average molecular weight is 461 g/mol. The number of methoxy groups -OCH3 is 1. The average Bonchev–Trinajstić information content (AvgIpc) is 3.12. The van der Waals surface area contributed by atoms with E-state index in [0.29, 0.717) is 0 Å². The molecule has 0 aliphatic carbocycles. The minimum absolute atomic E-state index is 0.0195. The van der Waals surface area contributed by atoms with Crippen LogP contribution in [-0.4, -0.2) is 54.8 Å². The lowest BCUT2D eigenvalue weighted by Crippen LogP contribution is -2.51. The second-order valence-corrected chi connectivity index (χ2v) is 9.81. The van der Waals surface area contributed by atoms with Gasteiger partial charge in [0.1, 0.15) is 6.04 Å². The maximum atomic E-state index is 13.5. The highest BCUT2D eigenvalue weighted by Gasteiger charge is 2.64. The number of benzene rings is 1. The van der Waals surface area contributed by atoms with Crippen LogP contribution in [0.1, 0.15) is 26.3 Å². The van der Waals surface area contributed by atoms with E-state index in [-0.39, 0.29) is 36.8 Å². The fourth-order valence-electron chi connectivity index (χ4n) is 4.75. The van der Waals surface area contributed by atoms with E-state index in [1.165, 1.54) is 4.90 Å². The molecule has 3 aliphatic heterocycles. The van der Waals surface area contributed by atoms with Crippen molar-refractivity contribution < 1.29 is 19.1 Å². The topological polar surface area (TPSA) is 66.9 Å². The maximum absolute atomic E-state index is 13.5. The van der Waals surface area contributed by atoms with Crippen LogP contribution in [0.5, 0.6) is 0 Å². The highest BCUT2D eigenvalue weighted by Crippen LogP contribution is 2.50. The number of carbonyl (C=O) groups excluding carboxylic acids is 3. The van der Waals surface area contributed by atoms with Crippen LogP contribution in [0.25, 0.3) is 6.08 Å². The number of hydrogen-bond donors (Lipinski definition) is 0. The number of Topliss-reactive ketones (excluding diaryl/α,β-unsaturated/α-hetero) is 1. The summed E-state index contributed by atoms with van der Waals surface area (Å²) in [6, 6.07) is 4.89. The molecule has 1 aromatic rings. The van der Waals surface area contributed by atoms with Crippen LogP contribution in [-0.2, 0) is 19.1 Å². The summed E-state index contributed by atoms with van der Waals surface area (Å²) in [5.74, 6) is -1.71. The Balaban J connectivity index is 1.83. The van der Waals surface area contributed by atoms with Gasteiger partial charge in [-0.15, -0.1) is 0 Å². The molecule has 154 valence electrons. The zero-order valence-electron chi connectivity index (χ0n) is 17.0. The number of imide groups is 1. The van der Waals surface area contributed by atoms with Crippen molar-refractivity contribution in [3.63, 3.8) is 0 Å². The first-order chi connectivity index (χ1) is 13.7. The van der Waals surface area contributed by atoms with Crippen molar-refractivity contribution in [1.82, 2.24) is 4.90 Å². The summed E-state index contributed by atoms with van der Waals surface area (Å²) in [5, 5.41) is 0. The molecule has 0 unspecified atom stereocenters. The molecule has 3 aliphatic rings. The number of rotatable bonds is 4. The molecule has 2 fully saturated rings. The van der Waals surface area contributed by atoms with Crippen LogP contribution in [0.15, 0.2) is 28.7 Å². The summed E-state index contributed by atoms with van der Waals surface area (Å²) in [6.07, 6.45) is 3.95. The van der Waals surface area contributed by atoms with Crippen molar-refractivity contribution >= 4 is 45.3 Å². The fourth-order valence-corrected chi connectivity index (χ4v) is 5.13. The Labute approximate surface area is 179 Å². The van der Waals surface area contributed by atoms with Crippen molar-refractivity contribution in [3.05, 3.63) is 34.3 Å². The maximum Gasteiger partial charge on any atom is 0.235 e. The Bertz CT molecular complexity index is 920.